The van der Waals surface area contributed by atoms with Crippen molar-refractivity contribution in [1.82, 2.24) is 5.43 Å². The number of ether oxygens (including phenoxy) is 2. The molecule has 0 aliphatic rings. The van der Waals surface area contributed by atoms with Crippen LogP contribution in [0, 0.1) is 0 Å². The highest BCUT2D eigenvalue weighted by molar-refractivity contribution is 7.21. The highest BCUT2D eigenvalue weighted by Crippen LogP contribution is 2.35. The number of hydrogen-bond donors (Lipinski definition) is 1. The molecule has 0 spiro atoms. The van der Waals surface area contributed by atoms with Gasteiger partial charge in [0, 0.05) is 15.1 Å². The van der Waals surface area contributed by atoms with Crippen LogP contribution >= 0.6 is 34.5 Å². The molecule has 0 bridgehead atoms. The van der Waals surface area contributed by atoms with E-state index in [1.165, 1.54) is 17.6 Å². The fraction of sp³-hybridized carbons (Fsp3) is 0.0800. The van der Waals surface area contributed by atoms with Crippen LogP contribution in [0.3, 0.4) is 0 Å². The van der Waals surface area contributed by atoms with E-state index in [2.05, 4.69) is 10.5 Å². The van der Waals surface area contributed by atoms with Gasteiger partial charge in [0.15, 0.2) is 6.10 Å². The quantitative estimate of drug-likeness (QED) is 0.135. The highest BCUT2D eigenvalue weighted by Gasteiger charge is 2.19. The smallest absolute Gasteiger partial charge is 0.355 e. The number of halogens is 2. The second-order valence-electron chi connectivity index (χ2n) is 7.15. The number of esters is 1. The number of carbonyl (C=O) groups excluding carboxylic acids is 2. The van der Waals surface area contributed by atoms with Crippen molar-refractivity contribution in [2.75, 3.05) is 0 Å². The van der Waals surface area contributed by atoms with Crippen LogP contribution in [0.15, 0.2) is 77.9 Å². The van der Waals surface area contributed by atoms with Crippen molar-refractivity contribution in [2.45, 2.75) is 13.0 Å². The van der Waals surface area contributed by atoms with Gasteiger partial charge < -0.3 is 9.47 Å². The Kier molecular flexibility index (Phi) is 7.47. The van der Waals surface area contributed by atoms with Crippen LogP contribution in [0.5, 0.6) is 11.5 Å². The van der Waals surface area contributed by atoms with Gasteiger partial charge in [-0.3, -0.25) is 4.79 Å². The predicted octanol–water partition coefficient (Wildman–Crippen LogP) is 6.34. The Morgan fingerprint density at radius 2 is 1.76 bits per heavy atom. The number of nitrogens with zero attached hydrogens (tertiary/aromatic N) is 1. The predicted molar refractivity (Wildman–Crippen MR) is 136 cm³/mol. The van der Waals surface area contributed by atoms with Gasteiger partial charge in [-0.15, -0.1) is 11.3 Å². The molecule has 1 heterocycles. The average Bonchev–Trinajstić information content (AvgIpc) is 3.17. The van der Waals surface area contributed by atoms with Crippen LogP contribution in [-0.4, -0.2) is 24.2 Å². The lowest BCUT2D eigenvalue weighted by atomic mass is 10.2. The van der Waals surface area contributed by atoms with E-state index in [4.69, 9.17) is 32.7 Å². The largest absolute Gasteiger partial charge is 0.481 e. The fourth-order valence-electron chi connectivity index (χ4n) is 2.99. The Morgan fingerprint density at radius 3 is 2.53 bits per heavy atom. The summed E-state index contributed by atoms with van der Waals surface area (Å²) in [4.78, 5) is 25.2. The topological polar surface area (TPSA) is 77.0 Å². The lowest BCUT2D eigenvalue weighted by Gasteiger charge is -2.12. The molecule has 0 saturated heterocycles. The average molecular weight is 513 g/mol. The van der Waals surface area contributed by atoms with Crippen LogP contribution in [0.25, 0.3) is 10.1 Å². The standard InChI is InChI=1S/C25H18Cl2N2O4S/c1-15(32-18-11-9-17(26)10-12-18)24(30)29-28-14-16-5-4-6-19(13-16)33-25(31)23-22(27)20-7-2-3-8-21(20)34-23/h2-15H,1H3,(H,29,30)/b28-14+. The Bertz CT molecular complexity index is 1370. The molecule has 1 amide bonds. The lowest BCUT2D eigenvalue weighted by molar-refractivity contribution is -0.127. The van der Waals surface area contributed by atoms with E-state index in [-0.39, 0.29) is 0 Å². The van der Waals surface area contributed by atoms with Gasteiger partial charge in [-0.1, -0.05) is 53.5 Å². The molecule has 0 radical (unpaired) electrons. The van der Waals surface area contributed by atoms with Crippen LogP contribution in [0.4, 0.5) is 0 Å². The van der Waals surface area contributed by atoms with Crippen molar-refractivity contribution in [3.8, 4) is 11.5 Å². The number of carbonyl (C=O) groups is 2. The maximum Gasteiger partial charge on any atom is 0.355 e. The van der Waals surface area contributed by atoms with Crippen molar-refractivity contribution in [3.05, 3.63) is 93.3 Å². The minimum absolute atomic E-state index is 0.327. The van der Waals surface area contributed by atoms with Crippen molar-refractivity contribution in [2.24, 2.45) is 5.10 Å². The molecule has 4 rings (SSSR count). The number of hydrogen-bond acceptors (Lipinski definition) is 6. The normalized spacial score (nSPS) is 12.0. The zero-order chi connectivity index (χ0) is 24.1. The number of fused-ring (bicyclic) bond motifs is 1. The molecule has 1 N–H and O–H groups in total. The summed E-state index contributed by atoms with van der Waals surface area (Å²) in [5.41, 5.74) is 3.05. The molecular weight excluding hydrogens is 495 g/mol. The monoisotopic (exact) mass is 512 g/mol. The molecular formula is C25H18Cl2N2O4S. The zero-order valence-electron chi connectivity index (χ0n) is 17.8. The van der Waals surface area contributed by atoms with E-state index in [0.717, 1.165) is 10.1 Å². The van der Waals surface area contributed by atoms with Crippen LogP contribution < -0.4 is 14.9 Å². The Morgan fingerprint density at radius 1 is 1.00 bits per heavy atom. The Labute approximate surface area is 209 Å². The van der Waals surface area contributed by atoms with E-state index in [0.29, 0.717) is 32.0 Å². The zero-order valence-corrected chi connectivity index (χ0v) is 20.2. The van der Waals surface area contributed by atoms with E-state index in [1.807, 2.05) is 24.3 Å². The second kappa shape index (κ2) is 10.7. The van der Waals surface area contributed by atoms with Crippen molar-refractivity contribution >= 4 is 62.7 Å². The van der Waals surface area contributed by atoms with Gasteiger partial charge in [0.1, 0.15) is 16.4 Å². The van der Waals surface area contributed by atoms with Crippen molar-refractivity contribution < 1.29 is 19.1 Å². The minimum atomic E-state index is -0.767. The fourth-order valence-corrected chi connectivity index (χ4v) is 4.50. The summed E-state index contributed by atoms with van der Waals surface area (Å²) in [5, 5.41) is 5.72. The number of hydrazone groups is 1. The molecule has 1 aromatic heterocycles. The third kappa shape index (κ3) is 5.75. The first-order chi connectivity index (χ1) is 16.4. The Balaban J connectivity index is 1.36. The summed E-state index contributed by atoms with van der Waals surface area (Å²) in [6.45, 7) is 1.61. The van der Waals surface area contributed by atoms with Gasteiger partial charge in [-0.2, -0.15) is 5.10 Å². The first-order valence-electron chi connectivity index (χ1n) is 10.1. The van der Waals surface area contributed by atoms with Gasteiger partial charge in [0.25, 0.3) is 5.91 Å². The van der Waals surface area contributed by atoms with E-state index in [9.17, 15) is 9.59 Å². The molecule has 0 aliphatic heterocycles. The molecule has 0 fully saturated rings. The van der Waals surface area contributed by atoms with E-state index < -0.39 is 18.0 Å². The number of thiophene rings is 1. The molecule has 0 saturated carbocycles. The molecule has 6 nitrogen and oxygen atoms in total. The van der Waals surface area contributed by atoms with E-state index in [1.54, 1.807) is 55.5 Å². The summed E-state index contributed by atoms with van der Waals surface area (Å²) < 4.78 is 12.0. The van der Waals surface area contributed by atoms with Crippen molar-refractivity contribution in [3.63, 3.8) is 0 Å². The minimum Gasteiger partial charge on any atom is -0.481 e. The first-order valence-corrected chi connectivity index (χ1v) is 11.7. The Hall–Kier alpha value is -3.39. The molecule has 0 aliphatic carbocycles. The summed E-state index contributed by atoms with van der Waals surface area (Å²) in [5.74, 6) is -0.118. The molecule has 3 aromatic carbocycles. The van der Waals surface area contributed by atoms with Crippen LogP contribution in [-0.2, 0) is 4.79 Å². The molecule has 34 heavy (non-hydrogen) atoms. The number of rotatable bonds is 7. The number of amides is 1. The number of nitrogens with one attached hydrogen (secondary N) is 1. The maximum atomic E-state index is 12.7. The van der Waals surface area contributed by atoms with Crippen LogP contribution in [0.1, 0.15) is 22.2 Å². The van der Waals surface area contributed by atoms with Gasteiger partial charge in [0.05, 0.1) is 11.2 Å². The summed E-state index contributed by atoms with van der Waals surface area (Å²) in [7, 11) is 0. The highest BCUT2D eigenvalue weighted by atomic mass is 35.5. The molecule has 1 unspecified atom stereocenters. The van der Waals surface area contributed by atoms with Gasteiger partial charge in [-0.25, -0.2) is 10.2 Å². The first kappa shape index (κ1) is 23.8. The summed E-state index contributed by atoms with van der Waals surface area (Å²) in [6.07, 6.45) is 0.674. The molecule has 1 atom stereocenters. The van der Waals surface area contributed by atoms with Gasteiger partial charge in [-0.05, 0) is 55.0 Å². The second-order valence-corrected chi connectivity index (χ2v) is 9.02. The van der Waals surface area contributed by atoms with Crippen LogP contribution in [0.2, 0.25) is 10.0 Å². The number of benzene rings is 3. The van der Waals surface area contributed by atoms with Crippen molar-refractivity contribution in [1.29, 1.82) is 0 Å². The third-order valence-corrected chi connectivity index (χ3v) is 6.58. The van der Waals surface area contributed by atoms with E-state index >= 15 is 0 Å². The summed E-state index contributed by atoms with van der Waals surface area (Å²) in [6, 6.07) is 21.0. The summed E-state index contributed by atoms with van der Waals surface area (Å²) >= 11 is 13.5. The molecule has 172 valence electrons. The molecule has 4 aromatic rings. The SMILES string of the molecule is CC(Oc1ccc(Cl)cc1)C(=O)N/N=C/c1cccc(OC(=O)c2sc3ccccc3c2Cl)c1. The maximum absolute atomic E-state index is 12.7. The van der Waals surface area contributed by atoms with Gasteiger partial charge in [0.2, 0.25) is 0 Å². The lowest BCUT2D eigenvalue weighted by Crippen LogP contribution is -2.33. The van der Waals surface area contributed by atoms with Gasteiger partial charge >= 0.3 is 5.97 Å². The third-order valence-electron chi connectivity index (χ3n) is 4.67. The molecule has 9 heteroatoms.